The predicted molar refractivity (Wildman–Crippen MR) is 73.2 cm³/mol. The molecule has 0 bridgehead atoms. The minimum Gasteiger partial charge on any atom is -0.311 e. The van der Waals surface area contributed by atoms with E-state index in [1.165, 1.54) is 16.4 Å². The Kier molecular flexibility index (Phi) is 6.73. The molecule has 1 heterocycles. The molecule has 1 N–H and O–H groups in total. The number of hydrogen-bond donors (Lipinski definition) is 1. The highest BCUT2D eigenvalue weighted by molar-refractivity contribution is 7.99. The summed E-state index contributed by atoms with van der Waals surface area (Å²) in [6.45, 7) is 6.54. The second-order valence-corrected chi connectivity index (χ2v) is 6.80. The molecule has 1 rings (SSSR count). The van der Waals surface area contributed by atoms with Crippen LogP contribution in [0, 0.1) is 5.92 Å². The van der Waals surface area contributed by atoms with Crippen molar-refractivity contribution in [2.45, 2.75) is 20.4 Å². The minimum absolute atomic E-state index is 0.797. The Balaban J connectivity index is 1.98. The Labute approximate surface area is 106 Å². The van der Waals surface area contributed by atoms with Crippen molar-refractivity contribution >= 4 is 34.7 Å². The molecule has 1 aromatic heterocycles. The van der Waals surface area contributed by atoms with E-state index < -0.39 is 0 Å². The summed E-state index contributed by atoms with van der Waals surface area (Å²) >= 11 is 9.51. The summed E-state index contributed by atoms with van der Waals surface area (Å²) in [5.74, 6) is 3.25. The Morgan fingerprint density at radius 2 is 2.27 bits per heavy atom. The van der Waals surface area contributed by atoms with E-state index >= 15 is 0 Å². The van der Waals surface area contributed by atoms with Gasteiger partial charge in [0.25, 0.3) is 0 Å². The van der Waals surface area contributed by atoms with E-state index in [0.29, 0.717) is 0 Å². The average Bonchev–Trinajstić information content (AvgIpc) is 2.57. The number of thioether (sulfide) groups is 1. The molecule has 15 heavy (non-hydrogen) atoms. The Morgan fingerprint density at radius 1 is 1.47 bits per heavy atom. The van der Waals surface area contributed by atoms with Gasteiger partial charge in [-0.1, -0.05) is 25.4 Å². The SMILES string of the molecule is CC(C)CSCCNCc1ccc(Cl)s1. The molecule has 0 fully saturated rings. The van der Waals surface area contributed by atoms with Crippen LogP contribution in [-0.2, 0) is 6.54 Å². The first-order valence-electron chi connectivity index (χ1n) is 5.21. The lowest BCUT2D eigenvalue weighted by atomic mass is 10.3. The van der Waals surface area contributed by atoms with Crippen LogP contribution in [0.25, 0.3) is 0 Å². The third kappa shape index (κ3) is 6.46. The van der Waals surface area contributed by atoms with Gasteiger partial charge in [-0.25, -0.2) is 0 Å². The highest BCUT2D eigenvalue weighted by atomic mass is 35.5. The standard InChI is InChI=1S/C11H18ClNS2/c1-9(2)8-14-6-5-13-7-10-3-4-11(12)15-10/h3-4,9,13H,5-8H2,1-2H3. The maximum Gasteiger partial charge on any atom is 0.0931 e. The zero-order valence-corrected chi connectivity index (χ0v) is 11.6. The molecule has 0 atom stereocenters. The number of hydrogen-bond acceptors (Lipinski definition) is 3. The fraction of sp³-hybridized carbons (Fsp3) is 0.636. The van der Waals surface area contributed by atoms with E-state index in [4.69, 9.17) is 11.6 Å². The summed E-state index contributed by atoms with van der Waals surface area (Å²) in [5, 5.41) is 3.42. The van der Waals surface area contributed by atoms with Crippen molar-refractivity contribution in [1.82, 2.24) is 5.32 Å². The molecular formula is C11H18ClNS2. The van der Waals surface area contributed by atoms with Crippen LogP contribution in [0.2, 0.25) is 4.34 Å². The molecule has 0 aliphatic rings. The van der Waals surface area contributed by atoms with Crippen molar-refractivity contribution in [1.29, 1.82) is 0 Å². The maximum absolute atomic E-state index is 5.84. The van der Waals surface area contributed by atoms with Crippen molar-refractivity contribution in [3.05, 3.63) is 21.3 Å². The van der Waals surface area contributed by atoms with Crippen molar-refractivity contribution in [2.24, 2.45) is 5.92 Å². The number of rotatable bonds is 7. The summed E-state index contributed by atoms with van der Waals surface area (Å²) in [6.07, 6.45) is 0. The molecule has 4 heteroatoms. The van der Waals surface area contributed by atoms with E-state index in [2.05, 4.69) is 25.2 Å². The number of nitrogens with one attached hydrogen (secondary N) is 1. The smallest absolute Gasteiger partial charge is 0.0931 e. The van der Waals surface area contributed by atoms with E-state index in [-0.39, 0.29) is 0 Å². The van der Waals surface area contributed by atoms with Crippen LogP contribution < -0.4 is 5.32 Å². The van der Waals surface area contributed by atoms with E-state index in [0.717, 1.165) is 23.3 Å². The lowest BCUT2D eigenvalue weighted by molar-refractivity contribution is 0.732. The molecule has 0 aromatic carbocycles. The molecule has 0 saturated carbocycles. The van der Waals surface area contributed by atoms with Gasteiger partial charge < -0.3 is 5.32 Å². The van der Waals surface area contributed by atoms with Crippen LogP contribution in [0.1, 0.15) is 18.7 Å². The second kappa shape index (κ2) is 7.55. The lowest BCUT2D eigenvalue weighted by Crippen LogP contribution is -2.16. The van der Waals surface area contributed by atoms with Gasteiger partial charge >= 0.3 is 0 Å². The fourth-order valence-electron chi connectivity index (χ4n) is 1.12. The quantitative estimate of drug-likeness (QED) is 0.750. The third-order valence-corrected chi connectivity index (χ3v) is 4.43. The first kappa shape index (κ1) is 13.4. The molecule has 0 spiro atoms. The van der Waals surface area contributed by atoms with Gasteiger partial charge in [0.05, 0.1) is 4.34 Å². The summed E-state index contributed by atoms with van der Waals surface area (Å²) in [5.41, 5.74) is 0. The van der Waals surface area contributed by atoms with Gasteiger partial charge in [-0.05, 0) is 23.8 Å². The molecule has 0 aliphatic heterocycles. The van der Waals surface area contributed by atoms with Crippen LogP contribution in [0.4, 0.5) is 0 Å². The Bertz CT molecular complexity index is 273. The molecule has 0 radical (unpaired) electrons. The summed E-state index contributed by atoms with van der Waals surface area (Å²) in [6, 6.07) is 4.04. The van der Waals surface area contributed by atoms with Crippen LogP contribution in [0.3, 0.4) is 0 Å². The van der Waals surface area contributed by atoms with Gasteiger partial charge in [0.15, 0.2) is 0 Å². The van der Waals surface area contributed by atoms with E-state index in [1.54, 1.807) is 11.3 Å². The topological polar surface area (TPSA) is 12.0 Å². The van der Waals surface area contributed by atoms with Crippen molar-refractivity contribution < 1.29 is 0 Å². The lowest BCUT2D eigenvalue weighted by Gasteiger charge is -2.05. The van der Waals surface area contributed by atoms with Crippen molar-refractivity contribution in [2.75, 3.05) is 18.1 Å². The third-order valence-electron chi connectivity index (χ3n) is 1.80. The van der Waals surface area contributed by atoms with Gasteiger partial charge in [-0.15, -0.1) is 11.3 Å². The average molecular weight is 264 g/mol. The van der Waals surface area contributed by atoms with Crippen molar-refractivity contribution in [3.8, 4) is 0 Å². The minimum atomic E-state index is 0.797. The summed E-state index contributed by atoms with van der Waals surface area (Å²) < 4.78 is 0.876. The van der Waals surface area contributed by atoms with Crippen LogP contribution in [0.5, 0.6) is 0 Å². The molecule has 1 nitrogen and oxygen atoms in total. The van der Waals surface area contributed by atoms with Gasteiger partial charge in [0.1, 0.15) is 0 Å². The van der Waals surface area contributed by atoms with Gasteiger partial charge in [-0.3, -0.25) is 0 Å². The molecule has 0 unspecified atom stereocenters. The van der Waals surface area contributed by atoms with Gasteiger partial charge in [0, 0.05) is 23.7 Å². The largest absolute Gasteiger partial charge is 0.311 e. The molecule has 0 saturated heterocycles. The number of thiophene rings is 1. The Morgan fingerprint density at radius 3 is 2.87 bits per heavy atom. The van der Waals surface area contributed by atoms with E-state index in [9.17, 15) is 0 Å². The Hall–Kier alpha value is 0.300. The second-order valence-electron chi connectivity index (χ2n) is 3.85. The van der Waals surface area contributed by atoms with E-state index in [1.807, 2.05) is 17.8 Å². The highest BCUT2D eigenvalue weighted by Crippen LogP contribution is 2.20. The van der Waals surface area contributed by atoms with Crippen LogP contribution in [-0.4, -0.2) is 18.1 Å². The highest BCUT2D eigenvalue weighted by Gasteiger charge is 1.97. The summed E-state index contributed by atoms with van der Waals surface area (Å²) in [4.78, 5) is 1.31. The maximum atomic E-state index is 5.84. The first-order valence-corrected chi connectivity index (χ1v) is 7.56. The zero-order valence-electron chi connectivity index (χ0n) is 9.25. The summed E-state index contributed by atoms with van der Waals surface area (Å²) in [7, 11) is 0. The molecule has 0 aliphatic carbocycles. The van der Waals surface area contributed by atoms with Gasteiger partial charge in [0.2, 0.25) is 0 Å². The molecule has 0 amide bonds. The first-order chi connectivity index (χ1) is 7.18. The zero-order chi connectivity index (χ0) is 11.1. The van der Waals surface area contributed by atoms with Crippen molar-refractivity contribution in [3.63, 3.8) is 0 Å². The molecular weight excluding hydrogens is 246 g/mol. The normalized spacial score (nSPS) is 11.2. The molecule has 86 valence electrons. The fourth-order valence-corrected chi connectivity index (χ4v) is 3.11. The number of halogens is 1. The van der Waals surface area contributed by atoms with Crippen LogP contribution in [0.15, 0.2) is 12.1 Å². The molecule has 1 aromatic rings. The predicted octanol–water partition coefficient (Wildman–Crippen LogP) is 3.88. The van der Waals surface area contributed by atoms with Crippen LogP contribution >= 0.6 is 34.7 Å². The monoisotopic (exact) mass is 263 g/mol. The van der Waals surface area contributed by atoms with Gasteiger partial charge in [-0.2, -0.15) is 11.8 Å².